The van der Waals surface area contributed by atoms with Crippen LogP contribution in [-0.4, -0.2) is 16.5 Å². The van der Waals surface area contributed by atoms with Gasteiger partial charge in [0.1, 0.15) is 0 Å². The molecule has 0 fully saturated rings. The summed E-state index contributed by atoms with van der Waals surface area (Å²) in [7, 11) is 0. The van der Waals surface area contributed by atoms with Gasteiger partial charge in [0, 0.05) is 6.42 Å². The van der Waals surface area contributed by atoms with Crippen LogP contribution in [0.5, 0.6) is 0 Å². The molecule has 0 radical (unpaired) electrons. The zero-order valence-electron chi connectivity index (χ0n) is 11.4. The SMILES string of the molecule is CC1=CC[C@H](/C(C)=C/C(=O)CC(C)(C)O)CC1. The molecule has 2 heteroatoms. The van der Waals surface area contributed by atoms with Crippen LogP contribution in [0.1, 0.15) is 53.4 Å². The Morgan fingerprint density at radius 1 is 1.59 bits per heavy atom. The van der Waals surface area contributed by atoms with Gasteiger partial charge in [-0.05, 0) is 59.0 Å². The lowest BCUT2D eigenvalue weighted by atomic mass is 9.84. The van der Waals surface area contributed by atoms with E-state index in [-0.39, 0.29) is 12.2 Å². The number of hydrogen-bond donors (Lipinski definition) is 1. The van der Waals surface area contributed by atoms with Crippen LogP contribution in [0.2, 0.25) is 0 Å². The van der Waals surface area contributed by atoms with Gasteiger partial charge in [-0.2, -0.15) is 0 Å². The van der Waals surface area contributed by atoms with Crippen LogP contribution >= 0.6 is 0 Å². The van der Waals surface area contributed by atoms with Crippen LogP contribution in [0.15, 0.2) is 23.3 Å². The topological polar surface area (TPSA) is 37.3 Å². The molecule has 1 rings (SSSR count). The Morgan fingerprint density at radius 3 is 2.71 bits per heavy atom. The monoisotopic (exact) mass is 236 g/mol. The highest BCUT2D eigenvalue weighted by molar-refractivity contribution is 5.91. The van der Waals surface area contributed by atoms with Gasteiger partial charge in [0.25, 0.3) is 0 Å². The summed E-state index contributed by atoms with van der Waals surface area (Å²) in [6, 6.07) is 0. The number of aliphatic hydroxyl groups is 1. The van der Waals surface area contributed by atoms with Crippen LogP contribution in [0.25, 0.3) is 0 Å². The van der Waals surface area contributed by atoms with Crippen molar-refractivity contribution in [1.29, 1.82) is 0 Å². The van der Waals surface area contributed by atoms with Gasteiger partial charge in [0.15, 0.2) is 5.78 Å². The molecular weight excluding hydrogens is 212 g/mol. The van der Waals surface area contributed by atoms with Crippen molar-refractivity contribution in [3.63, 3.8) is 0 Å². The minimum atomic E-state index is -0.906. The summed E-state index contributed by atoms with van der Waals surface area (Å²) in [6.07, 6.45) is 7.51. The first-order valence-corrected chi connectivity index (χ1v) is 6.37. The van der Waals surface area contributed by atoms with Gasteiger partial charge in [-0.25, -0.2) is 0 Å². The van der Waals surface area contributed by atoms with Crippen LogP contribution in [0, 0.1) is 5.92 Å². The molecule has 96 valence electrons. The third kappa shape index (κ3) is 5.31. The maximum absolute atomic E-state index is 11.7. The Hall–Kier alpha value is -0.890. The van der Waals surface area contributed by atoms with Gasteiger partial charge in [0.05, 0.1) is 5.60 Å². The number of ketones is 1. The van der Waals surface area contributed by atoms with Gasteiger partial charge < -0.3 is 5.11 Å². The molecule has 17 heavy (non-hydrogen) atoms. The van der Waals surface area contributed by atoms with Crippen molar-refractivity contribution in [2.45, 2.75) is 59.0 Å². The van der Waals surface area contributed by atoms with Gasteiger partial charge in [-0.15, -0.1) is 0 Å². The molecule has 1 atom stereocenters. The first kappa shape index (κ1) is 14.2. The van der Waals surface area contributed by atoms with Crippen LogP contribution in [0.4, 0.5) is 0 Å². The van der Waals surface area contributed by atoms with E-state index in [0.29, 0.717) is 5.92 Å². The van der Waals surface area contributed by atoms with E-state index in [1.165, 1.54) is 5.57 Å². The lowest BCUT2D eigenvalue weighted by molar-refractivity contribution is -0.118. The van der Waals surface area contributed by atoms with E-state index in [4.69, 9.17) is 0 Å². The summed E-state index contributed by atoms with van der Waals surface area (Å²) < 4.78 is 0. The summed E-state index contributed by atoms with van der Waals surface area (Å²) in [5.74, 6) is 0.533. The van der Waals surface area contributed by atoms with E-state index in [0.717, 1.165) is 24.8 Å². The average Bonchev–Trinajstić information content (AvgIpc) is 2.15. The Morgan fingerprint density at radius 2 is 2.24 bits per heavy atom. The second-order valence-electron chi connectivity index (χ2n) is 5.87. The summed E-state index contributed by atoms with van der Waals surface area (Å²) in [5, 5.41) is 9.59. The Balaban J connectivity index is 2.58. The maximum atomic E-state index is 11.7. The summed E-state index contributed by atoms with van der Waals surface area (Å²) in [4.78, 5) is 11.7. The standard InChI is InChI=1S/C15H24O2/c1-11-5-7-13(8-6-11)12(2)9-14(16)10-15(3,4)17/h5,9,13,17H,6-8,10H2,1-4H3/b12-9+/t13-/m0/s1. The molecule has 0 spiro atoms. The third-order valence-corrected chi connectivity index (χ3v) is 3.28. The minimum absolute atomic E-state index is 0.0290. The van der Waals surface area contributed by atoms with E-state index in [1.807, 2.05) is 6.92 Å². The van der Waals surface area contributed by atoms with Crippen LogP contribution in [-0.2, 0) is 4.79 Å². The molecule has 2 nitrogen and oxygen atoms in total. The van der Waals surface area contributed by atoms with Gasteiger partial charge >= 0.3 is 0 Å². The average molecular weight is 236 g/mol. The largest absolute Gasteiger partial charge is 0.390 e. The molecule has 1 aliphatic carbocycles. The summed E-state index contributed by atoms with van der Waals surface area (Å²) >= 11 is 0. The van der Waals surface area contributed by atoms with Gasteiger partial charge in [-0.3, -0.25) is 4.79 Å². The lowest BCUT2D eigenvalue weighted by Gasteiger charge is -2.21. The lowest BCUT2D eigenvalue weighted by Crippen LogP contribution is -2.22. The minimum Gasteiger partial charge on any atom is -0.390 e. The molecule has 0 aromatic heterocycles. The number of carbonyl (C=O) groups excluding carboxylic acids is 1. The quantitative estimate of drug-likeness (QED) is 0.600. The van der Waals surface area contributed by atoms with Crippen molar-refractivity contribution in [3.8, 4) is 0 Å². The Labute approximate surface area is 104 Å². The van der Waals surface area contributed by atoms with Crippen molar-refractivity contribution in [3.05, 3.63) is 23.3 Å². The zero-order valence-corrected chi connectivity index (χ0v) is 11.4. The highest BCUT2D eigenvalue weighted by atomic mass is 16.3. The van der Waals surface area contributed by atoms with E-state index in [1.54, 1.807) is 19.9 Å². The second-order valence-corrected chi connectivity index (χ2v) is 5.87. The molecule has 0 unspecified atom stereocenters. The van der Waals surface area contributed by atoms with Crippen molar-refractivity contribution >= 4 is 5.78 Å². The van der Waals surface area contributed by atoms with E-state index < -0.39 is 5.60 Å². The molecule has 1 aliphatic rings. The molecule has 0 aromatic rings. The number of rotatable bonds is 4. The van der Waals surface area contributed by atoms with Crippen LogP contribution < -0.4 is 0 Å². The van der Waals surface area contributed by atoms with E-state index >= 15 is 0 Å². The van der Waals surface area contributed by atoms with E-state index in [2.05, 4.69) is 13.0 Å². The van der Waals surface area contributed by atoms with Crippen molar-refractivity contribution < 1.29 is 9.90 Å². The molecule has 0 saturated carbocycles. The first-order valence-electron chi connectivity index (χ1n) is 6.37. The molecule has 0 bridgehead atoms. The number of allylic oxidation sites excluding steroid dienone is 4. The maximum Gasteiger partial charge on any atom is 0.158 e. The fraction of sp³-hybridized carbons (Fsp3) is 0.667. The van der Waals surface area contributed by atoms with E-state index in [9.17, 15) is 9.90 Å². The normalized spacial score (nSPS) is 22.3. The zero-order chi connectivity index (χ0) is 13.1. The number of hydrogen-bond acceptors (Lipinski definition) is 2. The highest BCUT2D eigenvalue weighted by Crippen LogP contribution is 2.28. The molecular formula is C15H24O2. The molecule has 0 heterocycles. The highest BCUT2D eigenvalue weighted by Gasteiger charge is 2.19. The Kier molecular flexibility index (Phi) is 4.70. The predicted octanol–water partition coefficient (Wildman–Crippen LogP) is 3.41. The second kappa shape index (κ2) is 5.63. The molecule has 0 aliphatic heterocycles. The Bertz CT molecular complexity index is 342. The van der Waals surface area contributed by atoms with Crippen molar-refractivity contribution in [1.82, 2.24) is 0 Å². The van der Waals surface area contributed by atoms with Gasteiger partial charge in [0.2, 0.25) is 0 Å². The fourth-order valence-electron chi connectivity index (χ4n) is 2.23. The molecule has 1 N–H and O–H groups in total. The smallest absolute Gasteiger partial charge is 0.158 e. The van der Waals surface area contributed by atoms with Crippen molar-refractivity contribution in [2.24, 2.45) is 5.92 Å². The van der Waals surface area contributed by atoms with Crippen molar-refractivity contribution in [2.75, 3.05) is 0 Å². The predicted molar refractivity (Wildman–Crippen MR) is 70.8 cm³/mol. The molecule has 0 amide bonds. The van der Waals surface area contributed by atoms with Crippen LogP contribution in [0.3, 0.4) is 0 Å². The summed E-state index contributed by atoms with van der Waals surface area (Å²) in [6.45, 7) is 7.53. The summed E-state index contributed by atoms with van der Waals surface area (Å²) in [5.41, 5.74) is 1.71. The molecule has 0 saturated heterocycles. The molecule has 0 aromatic carbocycles. The van der Waals surface area contributed by atoms with Gasteiger partial charge in [-0.1, -0.05) is 17.2 Å². The number of carbonyl (C=O) groups is 1. The fourth-order valence-corrected chi connectivity index (χ4v) is 2.23. The third-order valence-electron chi connectivity index (χ3n) is 3.28. The first-order chi connectivity index (χ1) is 7.78.